The second-order valence-corrected chi connectivity index (χ2v) is 6.80. The SMILES string of the molecule is CCN(CC(=O)Nc1ccc(OC(F)F)c(Cl)c1)CC1COc2ccccc2O1. The van der Waals surface area contributed by atoms with Crippen LogP contribution in [0.1, 0.15) is 6.92 Å². The van der Waals surface area contributed by atoms with Gasteiger partial charge >= 0.3 is 6.61 Å². The van der Waals surface area contributed by atoms with E-state index in [1.54, 1.807) is 0 Å². The highest BCUT2D eigenvalue weighted by Gasteiger charge is 2.23. The molecule has 1 amide bonds. The van der Waals surface area contributed by atoms with Crippen molar-refractivity contribution in [2.45, 2.75) is 19.6 Å². The molecule has 2 aromatic rings. The molecule has 1 aliphatic rings. The van der Waals surface area contributed by atoms with Crippen molar-refractivity contribution >= 4 is 23.2 Å². The highest BCUT2D eigenvalue weighted by Crippen LogP contribution is 2.31. The minimum absolute atomic E-state index is 0.0122. The minimum Gasteiger partial charge on any atom is -0.486 e. The summed E-state index contributed by atoms with van der Waals surface area (Å²) in [4.78, 5) is 14.3. The van der Waals surface area contributed by atoms with Gasteiger partial charge in [-0.3, -0.25) is 9.69 Å². The molecule has 0 aromatic heterocycles. The molecule has 9 heteroatoms. The third-order valence-electron chi connectivity index (χ3n) is 4.28. The fourth-order valence-electron chi connectivity index (χ4n) is 2.92. The van der Waals surface area contributed by atoms with Crippen molar-refractivity contribution < 1.29 is 27.8 Å². The topological polar surface area (TPSA) is 60.0 Å². The van der Waals surface area contributed by atoms with Gasteiger partial charge in [0.25, 0.3) is 0 Å². The third-order valence-corrected chi connectivity index (χ3v) is 4.57. The molecule has 1 unspecified atom stereocenters. The number of likely N-dealkylation sites (N-methyl/N-ethyl adjacent to an activating group) is 1. The molecule has 6 nitrogen and oxygen atoms in total. The Hall–Kier alpha value is -2.58. The van der Waals surface area contributed by atoms with Gasteiger partial charge < -0.3 is 19.5 Å². The Balaban J connectivity index is 1.53. The quantitative estimate of drug-likeness (QED) is 0.690. The van der Waals surface area contributed by atoms with Crippen LogP contribution in [0.15, 0.2) is 42.5 Å². The molecular weight excluding hydrogens is 406 g/mol. The molecule has 0 fully saturated rings. The number of hydrogen-bond donors (Lipinski definition) is 1. The van der Waals surface area contributed by atoms with Crippen LogP contribution in [0.2, 0.25) is 5.02 Å². The first-order valence-corrected chi connectivity index (χ1v) is 9.47. The van der Waals surface area contributed by atoms with E-state index >= 15 is 0 Å². The zero-order valence-electron chi connectivity index (χ0n) is 15.7. The van der Waals surface area contributed by atoms with Gasteiger partial charge in [0.05, 0.1) is 11.6 Å². The van der Waals surface area contributed by atoms with Crippen LogP contribution in [0.5, 0.6) is 17.2 Å². The van der Waals surface area contributed by atoms with Gasteiger partial charge in [-0.15, -0.1) is 0 Å². The molecule has 0 radical (unpaired) electrons. The van der Waals surface area contributed by atoms with E-state index in [2.05, 4.69) is 10.1 Å². The number of nitrogens with one attached hydrogen (secondary N) is 1. The van der Waals surface area contributed by atoms with Gasteiger partial charge in [0.2, 0.25) is 5.91 Å². The number of fused-ring (bicyclic) bond motifs is 1. The van der Waals surface area contributed by atoms with Crippen LogP contribution in [-0.2, 0) is 4.79 Å². The molecule has 0 aliphatic carbocycles. The lowest BCUT2D eigenvalue weighted by Gasteiger charge is -2.30. The number of hydrogen-bond acceptors (Lipinski definition) is 5. The highest BCUT2D eigenvalue weighted by atomic mass is 35.5. The smallest absolute Gasteiger partial charge is 0.387 e. The van der Waals surface area contributed by atoms with Crippen molar-refractivity contribution in [2.75, 3.05) is 31.6 Å². The molecule has 1 atom stereocenters. The van der Waals surface area contributed by atoms with Crippen LogP contribution >= 0.6 is 11.6 Å². The van der Waals surface area contributed by atoms with Gasteiger partial charge in [-0.25, -0.2) is 0 Å². The fraction of sp³-hybridized carbons (Fsp3) is 0.350. The lowest BCUT2D eigenvalue weighted by Crippen LogP contribution is -2.43. The van der Waals surface area contributed by atoms with E-state index in [-0.39, 0.29) is 29.3 Å². The number of nitrogens with zero attached hydrogens (tertiary/aromatic N) is 1. The first-order valence-electron chi connectivity index (χ1n) is 9.09. The summed E-state index contributed by atoms with van der Waals surface area (Å²) in [6.45, 7) is 0.653. The van der Waals surface area contributed by atoms with Crippen molar-refractivity contribution in [3.63, 3.8) is 0 Å². The molecule has 2 aromatic carbocycles. The zero-order chi connectivity index (χ0) is 20.8. The predicted molar refractivity (Wildman–Crippen MR) is 105 cm³/mol. The predicted octanol–water partition coefficient (Wildman–Crippen LogP) is 4.04. The first kappa shape index (κ1) is 21.1. The van der Waals surface area contributed by atoms with Crippen LogP contribution < -0.4 is 19.5 Å². The Bertz CT molecular complexity index is 853. The Morgan fingerprint density at radius 1 is 1.31 bits per heavy atom. The summed E-state index contributed by atoms with van der Waals surface area (Å²) in [5.41, 5.74) is 0.392. The van der Waals surface area contributed by atoms with Gasteiger partial charge in [-0.1, -0.05) is 30.7 Å². The summed E-state index contributed by atoms with van der Waals surface area (Å²) in [5, 5.41) is 2.69. The van der Waals surface area contributed by atoms with Crippen LogP contribution in [0.3, 0.4) is 0 Å². The van der Waals surface area contributed by atoms with E-state index in [0.29, 0.717) is 36.9 Å². The highest BCUT2D eigenvalue weighted by molar-refractivity contribution is 6.32. The van der Waals surface area contributed by atoms with Crippen molar-refractivity contribution in [3.05, 3.63) is 47.5 Å². The Morgan fingerprint density at radius 3 is 2.76 bits per heavy atom. The van der Waals surface area contributed by atoms with Crippen molar-refractivity contribution in [1.82, 2.24) is 4.90 Å². The van der Waals surface area contributed by atoms with Crippen LogP contribution in [0, 0.1) is 0 Å². The van der Waals surface area contributed by atoms with Crippen LogP contribution in [0.4, 0.5) is 14.5 Å². The number of carbonyl (C=O) groups excluding carboxylic acids is 1. The van der Waals surface area contributed by atoms with Gasteiger partial charge in [0, 0.05) is 12.2 Å². The molecular formula is C20H21ClF2N2O4. The second kappa shape index (κ2) is 9.76. The largest absolute Gasteiger partial charge is 0.486 e. The maximum absolute atomic E-state index is 12.4. The molecule has 29 heavy (non-hydrogen) atoms. The van der Waals surface area contributed by atoms with E-state index in [9.17, 15) is 13.6 Å². The fourth-order valence-corrected chi connectivity index (χ4v) is 3.15. The lowest BCUT2D eigenvalue weighted by atomic mass is 10.2. The average Bonchev–Trinajstić information content (AvgIpc) is 2.69. The summed E-state index contributed by atoms with van der Waals surface area (Å²) >= 11 is 5.91. The molecule has 0 bridgehead atoms. The van der Waals surface area contributed by atoms with Crippen molar-refractivity contribution in [3.8, 4) is 17.2 Å². The molecule has 0 saturated heterocycles. The second-order valence-electron chi connectivity index (χ2n) is 6.40. The Morgan fingerprint density at radius 2 is 2.07 bits per heavy atom. The standard InChI is InChI=1S/C20H21ClF2N2O4/c1-2-25(10-14-12-27-17-5-3-4-6-18(17)28-14)11-19(26)24-13-7-8-16(15(21)9-13)29-20(22)23/h3-9,14,20H,2,10-12H2,1H3,(H,24,26). The summed E-state index contributed by atoms with van der Waals surface area (Å²) < 4.78 is 40.5. The number of carbonyl (C=O) groups is 1. The number of benzene rings is 2. The van der Waals surface area contributed by atoms with Crippen molar-refractivity contribution in [2.24, 2.45) is 0 Å². The molecule has 3 rings (SSSR count). The summed E-state index contributed by atoms with van der Waals surface area (Å²) in [7, 11) is 0. The van der Waals surface area contributed by atoms with Gasteiger partial charge in [0.1, 0.15) is 18.5 Å². The molecule has 156 valence electrons. The van der Waals surface area contributed by atoms with Crippen molar-refractivity contribution in [1.29, 1.82) is 0 Å². The molecule has 1 heterocycles. The van der Waals surface area contributed by atoms with E-state index < -0.39 is 6.61 Å². The van der Waals surface area contributed by atoms with E-state index in [4.69, 9.17) is 21.1 Å². The molecule has 0 spiro atoms. The molecule has 1 N–H and O–H groups in total. The lowest BCUT2D eigenvalue weighted by molar-refractivity contribution is -0.117. The van der Waals surface area contributed by atoms with E-state index in [1.165, 1.54) is 18.2 Å². The molecule has 0 saturated carbocycles. The first-order chi connectivity index (χ1) is 13.9. The van der Waals surface area contributed by atoms with E-state index in [1.807, 2.05) is 36.1 Å². The minimum atomic E-state index is -2.97. The maximum atomic E-state index is 12.4. The number of amides is 1. The van der Waals surface area contributed by atoms with Gasteiger partial charge in [-0.2, -0.15) is 8.78 Å². The number of halogens is 3. The van der Waals surface area contributed by atoms with Gasteiger partial charge in [-0.05, 0) is 36.9 Å². The number of alkyl halides is 2. The maximum Gasteiger partial charge on any atom is 0.387 e. The number of anilines is 1. The van der Waals surface area contributed by atoms with Crippen LogP contribution in [0.25, 0.3) is 0 Å². The molecule has 1 aliphatic heterocycles. The summed E-state index contributed by atoms with van der Waals surface area (Å²) in [6.07, 6.45) is -0.196. The zero-order valence-corrected chi connectivity index (χ0v) is 16.5. The Kier molecular flexibility index (Phi) is 7.11. The monoisotopic (exact) mass is 426 g/mol. The summed E-state index contributed by atoms with van der Waals surface area (Å²) in [5.74, 6) is 0.984. The van der Waals surface area contributed by atoms with E-state index in [0.717, 1.165) is 0 Å². The third kappa shape index (κ3) is 5.95. The number of para-hydroxylation sites is 2. The Labute approximate surface area is 172 Å². The summed E-state index contributed by atoms with van der Waals surface area (Å²) in [6, 6.07) is 11.5. The number of ether oxygens (including phenoxy) is 3. The van der Waals surface area contributed by atoms with Gasteiger partial charge in [0.15, 0.2) is 11.5 Å². The number of rotatable bonds is 8. The normalized spacial score (nSPS) is 15.4. The average molecular weight is 427 g/mol. The van der Waals surface area contributed by atoms with Crippen LogP contribution in [-0.4, -0.2) is 49.8 Å².